The standard InChI is InChI=1S/C24H20N2O4S2/c1-15(16-5-3-2-4-6-16)30-23(28)25-19-13-29-26-18(19)8-7-17-11-20-21(31-17)12-22(32-20)24(14-27)9-10-24/h2-6,11-13,15,27H,9-10,14H2,1H3,(H,25,28). The van der Waals surface area contributed by atoms with Crippen molar-refractivity contribution < 1.29 is 19.2 Å². The van der Waals surface area contributed by atoms with E-state index >= 15 is 0 Å². The molecule has 1 aromatic carbocycles. The number of nitrogens with one attached hydrogen (secondary N) is 1. The third kappa shape index (κ3) is 4.15. The number of anilines is 1. The largest absolute Gasteiger partial charge is 0.441 e. The molecule has 6 nitrogen and oxygen atoms in total. The first-order valence-corrected chi connectivity index (χ1v) is 11.8. The van der Waals surface area contributed by atoms with Crippen LogP contribution in [0.4, 0.5) is 10.5 Å². The van der Waals surface area contributed by atoms with Crippen LogP contribution in [0.3, 0.4) is 0 Å². The van der Waals surface area contributed by atoms with E-state index in [0.717, 1.165) is 23.3 Å². The van der Waals surface area contributed by atoms with Gasteiger partial charge in [0.2, 0.25) is 0 Å². The fraction of sp³-hybridized carbons (Fsp3) is 0.250. The maximum atomic E-state index is 12.3. The molecule has 4 aromatic rings. The van der Waals surface area contributed by atoms with Crippen LogP contribution in [0.15, 0.2) is 53.3 Å². The van der Waals surface area contributed by atoms with Gasteiger partial charge in [0.05, 0.1) is 11.5 Å². The maximum absolute atomic E-state index is 12.3. The van der Waals surface area contributed by atoms with Crippen molar-refractivity contribution >= 4 is 43.9 Å². The molecule has 0 bridgehead atoms. The molecule has 8 heteroatoms. The Morgan fingerprint density at radius 3 is 2.75 bits per heavy atom. The van der Waals surface area contributed by atoms with Gasteiger partial charge in [0.15, 0.2) is 5.69 Å². The van der Waals surface area contributed by atoms with Crippen molar-refractivity contribution in [1.29, 1.82) is 0 Å². The van der Waals surface area contributed by atoms with E-state index < -0.39 is 12.2 Å². The van der Waals surface area contributed by atoms with Gasteiger partial charge in [0.25, 0.3) is 0 Å². The van der Waals surface area contributed by atoms with Gasteiger partial charge in [-0.2, -0.15) is 0 Å². The molecule has 162 valence electrons. The summed E-state index contributed by atoms with van der Waals surface area (Å²) in [6.45, 7) is 2.02. The average Bonchev–Trinajstić information content (AvgIpc) is 3.08. The van der Waals surface area contributed by atoms with Crippen LogP contribution in [-0.2, 0) is 10.2 Å². The molecule has 0 radical (unpaired) electrons. The summed E-state index contributed by atoms with van der Waals surface area (Å²) in [6, 6.07) is 13.7. The highest BCUT2D eigenvalue weighted by atomic mass is 32.1. The number of carbonyl (C=O) groups is 1. The summed E-state index contributed by atoms with van der Waals surface area (Å²) >= 11 is 3.33. The lowest BCUT2D eigenvalue weighted by molar-refractivity contribution is 0.121. The van der Waals surface area contributed by atoms with E-state index in [9.17, 15) is 9.90 Å². The Balaban J connectivity index is 1.26. The van der Waals surface area contributed by atoms with Crippen LogP contribution in [0.1, 0.15) is 46.9 Å². The van der Waals surface area contributed by atoms with Crippen LogP contribution >= 0.6 is 22.7 Å². The third-order valence-corrected chi connectivity index (χ3v) is 8.00. The first-order chi connectivity index (χ1) is 15.6. The van der Waals surface area contributed by atoms with Crippen LogP contribution in [0, 0.1) is 11.8 Å². The Hall–Kier alpha value is -3.12. The number of aromatic nitrogens is 1. The van der Waals surface area contributed by atoms with Crippen molar-refractivity contribution in [2.24, 2.45) is 0 Å². The fourth-order valence-corrected chi connectivity index (χ4v) is 5.91. The highest BCUT2D eigenvalue weighted by molar-refractivity contribution is 7.28. The minimum Gasteiger partial charge on any atom is -0.441 e. The van der Waals surface area contributed by atoms with Crippen molar-refractivity contribution in [2.75, 3.05) is 11.9 Å². The van der Waals surface area contributed by atoms with Crippen LogP contribution in [0.5, 0.6) is 0 Å². The molecule has 32 heavy (non-hydrogen) atoms. The summed E-state index contributed by atoms with van der Waals surface area (Å²) < 4.78 is 12.8. The van der Waals surface area contributed by atoms with E-state index in [-0.39, 0.29) is 12.0 Å². The van der Waals surface area contributed by atoms with Gasteiger partial charge in [-0.3, -0.25) is 5.32 Å². The summed E-state index contributed by atoms with van der Waals surface area (Å²) in [5.74, 6) is 6.07. The molecule has 1 unspecified atom stereocenters. The van der Waals surface area contributed by atoms with E-state index in [0.29, 0.717) is 11.4 Å². The Bertz CT molecular complexity index is 1290. The summed E-state index contributed by atoms with van der Waals surface area (Å²) in [5.41, 5.74) is 1.59. The molecule has 0 aliphatic heterocycles. The lowest BCUT2D eigenvalue weighted by Crippen LogP contribution is -2.16. The molecule has 1 amide bonds. The highest BCUT2D eigenvalue weighted by Crippen LogP contribution is 2.52. The normalized spacial score (nSPS) is 15.1. The first-order valence-electron chi connectivity index (χ1n) is 10.2. The highest BCUT2D eigenvalue weighted by Gasteiger charge is 2.45. The quantitative estimate of drug-likeness (QED) is 0.371. The van der Waals surface area contributed by atoms with Gasteiger partial charge >= 0.3 is 6.09 Å². The Morgan fingerprint density at radius 2 is 2.03 bits per heavy atom. The van der Waals surface area contributed by atoms with Gasteiger partial charge in [-0.1, -0.05) is 35.5 Å². The van der Waals surface area contributed by atoms with Crippen LogP contribution in [0.2, 0.25) is 0 Å². The average molecular weight is 465 g/mol. The molecule has 1 fully saturated rings. The predicted molar refractivity (Wildman–Crippen MR) is 125 cm³/mol. The molecule has 5 rings (SSSR count). The summed E-state index contributed by atoms with van der Waals surface area (Å²) in [5, 5.41) is 16.2. The van der Waals surface area contributed by atoms with E-state index in [2.05, 4.69) is 34.4 Å². The van der Waals surface area contributed by atoms with Crippen molar-refractivity contribution in [3.8, 4) is 11.8 Å². The van der Waals surface area contributed by atoms with Crippen molar-refractivity contribution in [1.82, 2.24) is 5.16 Å². The van der Waals surface area contributed by atoms with Gasteiger partial charge < -0.3 is 14.4 Å². The van der Waals surface area contributed by atoms with Gasteiger partial charge in [0.1, 0.15) is 18.1 Å². The Morgan fingerprint density at radius 1 is 1.25 bits per heavy atom. The number of hydrogen-bond donors (Lipinski definition) is 2. The van der Waals surface area contributed by atoms with Crippen molar-refractivity contribution in [3.05, 3.63) is 69.7 Å². The summed E-state index contributed by atoms with van der Waals surface area (Å²) in [4.78, 5) is 14.4. The van der Waals surface area contributed by atoms with E-state index in [1.54, 1.807) is 22.7 Å². The number of ether oxygens (including phenoxy) is 1. The minimum absolute atomic E-state index is 0.0108. The summed E-state index contributed by atoms with van der Waals surface area (Å²) in [6.07, 6.45) is 2.45. The number of benzene rings is 1. The second kappa shape index (κ2) is 8.43. The van der Waals surface area contributed by atoms with Crippen LogP contribution in [-0.4, -0.2) is 23.0 Å². The lowest BCUT2D eigenvalue weighted by atomic mass is 10.1. The molecule has 1 saturated carbocycles. The Labute approximate surface area is 192 Å². The number of nitrogens with zero attached hydrogens (tertiary/aromatic N) is 1. The van der Waals surface area contributed by atoms with Gasteiger partial charge in [-0.05, 0) is 49.3 Å². The predicted octanol–water partition coefficient (Wildman–Crippen LogP) is 5.68. The van der Waals surface area contributed by atoms with Crippen LogP contribution < -0.4 is 5.32 Å². The van der Waals surface area contributed by atoms with E-state index in [4.69, 9.17) is 9.26 Å². The van der Waals surface area contributed by atoms with Crippen LogP contribution in [0.25, 0.3) is 9.40 Å². The number of hydrogen-bond acceptors (Lipinski definition) is 7. The molecular weight excluding hydrogens is 444 g/mol. The Kier molecular flexibility index (Phi) is 5.47. The zero-order chi connectivity index (χ0) is 22.1. The zero-order valence-corrected chi connectivity index (χ0v) is 18.9. The van der Waals surface area contributed by atoms with Gasteiger partial charge in [0, 0.05) is 19.7 Å². The summed E-state index contributed by atoms with van der Waals surface area (Å²) in [7, 11) is 0. The van der Waals surface area contributed by atoms with E-state index in [1.165, 1.54) is 20.5 Å². The maximum Gasteiger partial charge on any atom is 0.412 e. The number of aliphatic hydroxyl groups excluding tert-OH is 1. The lowest BCUT2D eigenvalue weighted by Gasteiger charge is -2.13. The molecule has 1 atom stereocenters. The van der Waals surface area contributed by atoms with E-state index in [1.807, 2.05) is 37.3 Å². The molecule has 2 N–H and O–H groups in total. The smallest absolute Gasteiger partial charge is 0.412 e. The minimum atomic E-state index is -0.602. The second-order valence-corrected chi connectivity index (χ2v) is 9.97. The van der Waals surface area contributed by atoms with Gasteiger partial charge in [-0.15, -0.1) is 22.7 Å². The zero-order valence-electron chi connectivity index (χ0n) is 17.3. The number of aliphatic hydroxyl groups is 1. The van der Waals surface area contributed by atoms with Gasteiger partial charge in [-0.25, -0.2) is 4.79 Å². The topological polar surface area (TPSA) is 84.6 Å². The van der Waals surface area contributed by atoms with Crippen molar-refractivity contribution in [2.45, 2.75) is 31.3 Å². The SMILES string of the molecule is CC(OC(=O)Nc1conc1C#Cc1cc2sc(C3(CO)CC3)cc2s1)c1ccccc1. The first kappa shape index (κ1) is 20.8. The molecule has 1 aliphatic rings. The molecule has 3 aromatic heterocycles. The monoisotopic (exact) mass is 464 g/mol. The molecule has 3 heterocycles. The van der Waals surface area contributed by atoms with Crippen molar-refractivity contribution in [3.63, 3.8) is 0 Å². The number of carbonyl (C=O) groups excluding carboxylic acids is 1. The third-order valence-electron chi connectivity index (χ3n) is 5.55. The molecule has 0 spiro atoms. The molecule has 1 aliphatic carbocycles. The number of rotatable bonds is 5. The molecular formula is C24H20N2O4S2. The number of fused-ring (bicyclic) bond motifs is 1. The number of thiophene rings is 2. The molecule has 0 saturated heterocycles. The number of amides is 1. The fourth-order valence-electron chi connectivity index (χ4n) is 3.42. The second-order valence-electron chi connectivity index (χ2n) is 7.80.